The van der Waals surface area contributed by atoms with Gasteiger partial charge in [-0.15, -0.1) is 0 Å². The summed E-state index contributed by atoms with van der Waals surface area (Å²) >= 11 is 0. The number of hydrogen-bond acceptors (Lipinski definition) is 2. The summed E-state index contributed by atoms with van der Waals surface area (Å²) < 4.78 is 5.22. The van der Waals surface area contributed by atoms with Gasteiger partial charge in [-0.25, -0.2) is 0 Å². The third-order valence-corrected chi connectivity index (χ3v) is 4.44. The molecule has 0 aliphatic heterocycles. The molecule has 2 rings (SSSR count). The van der Waals surface area contributed by atoms with E-state index in [4.69, 9.17) is 4.74 Å². The molecule has 0 aromatic heterocycles. The van der Waals surface area contributed by atoms with Gasteiger partial charge in [0.15, 0.2) is 0 Å². The number of methoxy groups -OCH3 is 1. The van der Waals surface area contributed by atoms with Gasteiger partial charge in [0.05, 0.1) is 12.7 Å². The van der Waals surface area contributed by atoms with Gasteiger partial charge in [-0.2, -0.15) is 0 Å². The van der Waals surface area contributed by atoms with Gasteiger partial charge >= 0.3 is 0 Å². The fourth-order valence-electron chi connectivity index (χ4n) is 3.12. The zero-order valence-corrected chi connectivity index (χ0v) is 11.7. The molecule has 0 unspecified atom stereocenters. The van der Waals surface area contributed by atoms with Crippen molar-refractivity contribution in [2.24, 2.45) is 5.92 Å². The van der Waals surface area contributed by atoms with Crippen molar-refractivity contribution in [1.29, 1.82) is 0 Å². The lowest BCUT2D eigenvalue weighted by atomic mass is 9.73. The highest BCUT2D eigenvalue weighted by Gasteiger charge is 2.35. The van der Waals surface area contributed by atoms with E-state index in [9.17, 15) is 5.11 Å². The predicted molar refractivity (Wildman–Crippen MR) is 73.9 cm³/mol. The van der Waals surface area contributed by atoms with Crippen LogP contribution < -0.4 is 4.74 Å². The lowest BCUT2D eigenvalue weighted by molar-refractivity contribution is -0.0151. The van der Waals surface area contributed by atoms with E-state index in [1.54, 1.807) is 7.11 Å². The van der Waals surface area contributed by atoms with Crippen LogP contribution in [-0.4, -0.2) is 12.2 Å². The average molecular weight is 248 g/mol. The van der Waals surface area contributed by atoms with E-state index in [1.807, 2.05) is 18.2 Å². The Morgan fingerprint density at radius 3 is 2.50 bits per heavy atom. The van der Waals surface area contributed by atoms with Crippen LogP contribution in [0.25, 0.3) is 0 Å². The van der Waals surface area contributed by atoms with E-state index in [0.29, 0.717) is 0 Å². The Bertz CT molecular complexity index is 404. The molecule has 0 heterocycles. The summed E-state index contributed by atoms with van der Waals surface area (Å²) in [5.74, 6) is 1.66. The summed E-state index contributed by atoms with van der Waals surface area (Å²) in [6.45, 7) is 4.30. The number of aryl methyl sites for hydroxylation is 1. The van der Waals surface area contributed by atoms with Gasteiger partial charge in [0.1, 0.15) is 5.75 Å². The monoisotopic (exact) mass is 248 g/mol. The lowest BCUT2D eigenvalue weighted by Crippen LogP contribution is -2.32. The number of hydrogen-bond donors (Lipinski definition) is 1. The third kappa shape index (κ3) is 2.54. The molecule has 2 heteroatoms. The fraction of sp³-hybridized carbons (Fsp3) is 0.625. The van der Waals surface area contributed by atoms with Crippen molar-refractivity contribution in [3.05, 3.63) is 29.3 Å². The number of benzene rings is 1. The van der Waals surface area contributed by atoms with Gasteiger partial charge in [-0.05, 0) is 61.8 Å². The Hall–Kier alpha value is -1.02. The molecule has 1 saturated carbocycles. The van der Waals surface area contributed by atoms with Gasteiger partial charge in [0.25, 0.3) is 0 Å². The second kappa shape index (κ2) is 5.31. The molecule has 1 N–H and O–H groups in total. The Balaban J connectivity index is 2.20. The maximum Gasteiger partial charge on any atom is 0.119 e. The summed E-state index contributed by atoms with van der Waals surface area (Å²) in [7, 11) is 1.68. The summed E-state index contributed by atoms with van der Waals surface area (Å²) in [4.78, 5) is 0. The average Bonchev–Trinajstić information content (AvgIpc) is 2.39. The van der Waals surface area contributed by atoms with Gasteiger partial charge in [0.2, 0.25) is 0 Å². The molecule has 0 spiro atoms. The standard InChI is InChI=1S/C16H24O2/c1-4-13-7-9-16(17,10-8-13)15-6-5-14(18-3)11-12(15)2/h5-6,11,13,17H,4,7-10H2,1-3H3. The minimum atomic E-state index is -0.623. The van der Waals surface area contributed by atoms with Crippen LogP contribution in [0.1, 0.15) is 50.2 Å². The summed E-state index contributed by atoms with van der Waals surface area (Å²) in [5, 5.41) is 10.9. The highest BCUT2D eigenvalue weighted by atomic mass is 16.5. The van der Waals surface area contributed by atoms with Crippen molar-refractivity contribution in [1.82, 2.24) is 0 Å². The van der Waals surface area contributed by atoms with E-state index in [2.05, 4.69) is 13.8 Å². The van der Waals surface area contributed by atoms with Crippen LogP contribution in [0.4, 0.5) is 0 Å². The third-order valence-electron chi connectivity index (χ3n) is 4.44. The fourth-order valence-corrected chi connectivity index (χ4v) is 3.12. The molecule has 1 aliphatic rings. The molecule has 0 saturated heterocycles. The van der Waals surface area contributed by atoms with Gasteiger partial charge in [-0.3, -0.25) is 0 Å². The SMILES string of the molecule is CCC1CCC(O)(c2ccc(OC)cc2C)CC1. The first kappa shape index (κ1) is 13.4. The molecule has 2 nitrogen and oxygen atoms in total. The summed E-state index contributed by atoms with van der Waals surface area (Å²) in [6, 6.07) is 5.99. The largest absolute Gasteiger partial charge is 0.497 e. The van der Waals surface area contributed by atoms with Gasteiger partial charge in [-0.1, -0.05) is 19.4 Å². The zero-order valence-electron chi connectivity index (χ0n) is 11.7. The minimum Gasteiger partial charge on any atom is -0.497 e. The van der Waals surface area contributed by atoms with Gasteiger partial charge in [0, 0.05) is 0 Å². The van der Waals surface area contributed by atoms with Crippen LogP contribution in [-0.2, 0) is 5.60 Å². The van der Waals surface area contributed by atoms with Crippen molar-refractivity contribution in [2.45, 2.75) is 51.6 Å². The van der Waals surface area contributed by atoms with E-state index in [0.717, 1.165) is 48.5 Å². The van der Waals surface area contributed by atoms with Crippen molar-refractivity contribution >= 4 is 0 Å². The molecule has 1 aromatic carbocycles. The smallest absolute Gasteiger partial charge is 0.119 e. The number of aliphatic hydroxyl groups is 1. The summed E-state index contributed by atoms with van der Waals surface area (Å²) in [5.41, 5.74) is 1.59. The van der Waals surface area contributed by atoms with Crippen molar-refractivity contribution < 1.29 is 9.84 Å². The quantitative estimate of drug-likeness (QED) is 0.881. The van der Waals surface area contributed by atoms with Gasteiger partial charge < -0.3 is 9.84 Å². The highest BCUT2D eigenvalue weighted by Crippen LogP contribution is 2.42. The highest BCUT2D eigenvalue weighted by molar-refractivity contribution is 5.38. The number of ether oxygens (including phenoxy) is 1. The molecule has 0 radical (unpaired) electrons. The molecule has 18 heavy (non-hydrogen) atoms. The first-order chi connectivity index (χ1) is 8.59. The van der Waals surface area contributed by atoms with Crippen LogP contribution >= 0.6 is 0 Å². The second-order valence-electron chi connectivity index (χ2n) is 5.56. The minimum absolute atomic E-state index is 0.623. The Labute approximate surface area is 110 Å². The lowest BCUT2D eigenvalue weighted by Gasteiger charge is -2.37. The molecule has 0 bridgehead atoms. The molecule has 1 fully saturated rings. The van der Waals surface area contributed by atoms with Crippen LogP contribution in [0.5, 0.6) is 5.75 Å². The van der Waals surface area contributed by atoms with Crippen LogP contribution in [0, 0.1) is 12.8 Å². The molecular weight excluding hydrogens is 224 g/mol. The molecule has 100 valence electrons. The summed E-state index contributed by atoms with van der Waals surface area (Å²) in [6.07, 6.45) is 5.28. The molecule has 0 atom stereocenters. The topological polar surface area (TPSA) is 29.5 Å². The maximum absolute atomic E-state index is 10.9. The van der Waals surface area contributed by atoms with Crippen LogP contribution in [0.15, 0.2) is 18.2 Å². The second-order valence-corrected chi connectivity index (χ2v) is 5.56. The maximum atomic E-state index is 10.9. The predicted octanol–water partition coefficient (Wildman–Crippen LogP) is 3.79. The zero-order chi connectivity index (χ0) is 13.2. The molecular formula is C16H24O2. The van der Waals surface area contributed by atoms with Crippen molar-refractivity contribution in [2.75, 3.05) is 7.11 Å². The van der Waals surface area contributed by atoms with E-state index in [1.165, 1.54) is 6.42 Å². The molecule has 0 amide bonds. The molecule has 1 aliphatic carbocycles. The van der Waals surface area contributed by atoms with E-state index in [-0.39, 0.29) is 0 Å². The van der Waals surface area contributed by atoms with Crippen LogP contribution in [0.3, 0.4) is 0 Å². The molecule has 1 aromatic rings. The van der Waals surface area contributed by atoms with E-state index >= 15 is 0 Å². The van der Waals surface area contributed by atoms with Crippen LogP contribution in [0.2, 0.25) is 0 Å². The van der Waals surface area contributed by atoms with Crippen molar-refractivity contribution in [3.63, 3.8) is 0 Å². The normalized spacial score (nSPS) is 28.1. The first-order valence-corrected chi connectivity index (χ1v) is 6.96. The van der Waals surface area contributed by atoms with E-state index < -0.39 is 5.60 Å². The Kier molecular flexibility index (Phi) is 3.96. The van der Waals surface area contributed by atoms with Crippen molar-refractivity contribution in [3.8, 4) is 5.75 Å². The Morgan fingerprint density at radius 1 is 1.33 bits per heavy atom. The Morgan fingerprint density at radius 2 is 2.00 bits per heavy atom. The number of rotatable bonds is 3. The first-order valence-electron chi connectivity index (χ1n) is 6.96.